The van der Waals surface area contributed by atoms with Crippen molar-refractivity contribution >= 4 is 5.69 Å². The Balaban J connectivity index is 2.16. The lowest BCUT2D eigenvalue weighted by Gasteiger charge is -2.26. The first-order chi connectivity index (χ1) is 7.31. The molecule has 0 aromatic heterocycles. The molecule has 0 aliphatic carbocycles. The van der Waals surface area contributed by atoms with E-state index in [9.17, 15) is 0 Å². The Hall–Kier alpha value is -1.64. The smallest absolute Gasteiger partial charge is 0.113 e. The van der Waals surface area contributed by atoms with Crippen LogP contribution in [0.5, 0.6) is 0 Å². The molecule has 1 aromatic rings. The van der Waals surface area contributed by atoms with Crippen LogP contribution in [0.15, 0.2) is 42.2 Å². The van der Waals surface area contributed by atoms with Crippen molar-refractivity contribution in [2.45, 2.75) is 25.8 Å². The number of hydrogen-bond donors (Lipinski definition) is 2. The molecule has 1 aromatic carbocycles. The number of hydrogen-bond acceptors (Lipinski definition) is 3. The van der Waals surface area contributed by atoms with Gasteiger partial charge in [0.2, 0.25) is 0 Å². The first kappa shape index (κ1) is 9.90. The second-order valence-electron chi connectivity index (χ2n) is 3.80. The van der Waals surface area contributed by atoms with Crippen molar-refractivity contribution < 1.29 is 0 Å². The van der Waals surface area contributed by atoms with Crippen LogP contribution < -0.4 is 16.2 Å². The van der Waals surface area contributed by atoms with E-state index < -0.39 is 0 Å². The van der Waals surface area contributed by atoms with Gasteiger partial charge in [0, 0.05) is 0 Å². The Morgan fingerprint density at radius 2 is 2.07 bits per heavy atom. The highest BCUT2D eigenvalue weighted by molar-refractivity contribution is 5.49. The zero-order valence-corrected chi connectivity index (χ0v) is 8.98. The number of hydrazine groups is 1. The molecular weight excluding hydrogens is 186 g/mol. The predicted molar refractivity (Wildman–Crippen MR) is 63.0 cm³/mol. The second kappa shape index (κ2) is 4.26. The quantitative estimate of drug-likeness (QED) is 0.789. The minimum Gasteiger partial charge on any atom is -0.384 e. The van der Waals surface area contributed by atoms with E-state index in [4.69, 9.17) is 5.73 Å². The van der Waals surface area contributed by atoms with E-state index in [0.717, 1.165) is 24.4 Å². The van der Waals surface area contributed by atoms with Gasteiger partial charge in [0.05, 0.1) is 11.7 Å². The van der Waals surface area contributed by atoms with Gasteiger partial charge in [-0.15, -0.1) is 0 Å². The highest BCUT2D eigenvalue weighted by atomic mass is 15.6. The maximum Gasteiger partial charge on any atom is 0.113 e. The van der Waals surface area contributed by atoms with Crippen molar-refractivity contribution in [3.63, 3.8) is 0 Å². The fourth-order valence-corrected chi connectivity index (χ4v) is 1.89. The van der Waals surface area contributed by atoms with Crippen LogP contribution in [0.25, 0.3) is 0 Å². The second-order valence-corrected chi connectivity index (χ2v) is 3.80. The van der Waals surface area contributed by atoms with Crippen LogP contribution in [0.4, 0.5) is 5.69 Å². The molecule has 0 radical (unpaired) electrons. The number of rotatable bonds is 3. The average Bonchev–Trinajstić information content (AvgIpc) is 2.62. The van der Waals surface area contributed by atoms with Crippen molar-refractivity contribution in [2.75, 3.05) is 5.01 Å². The summed E-state index contributed by atoms with van der Waals surface area (Å²) in [4.78, 5) is 0. The molecule has 1 aliphatic heterocycles. The Morgan fingerprint density at radius 3 is 2.73 bits per heavy atom. The summed E-state index contributed by atoms with van der Waals surface area (Å²) in [6.07, 6.45) is 4.35. The molecule has 15 heavy (non-hydrogen) atoms. The lowest BCUT2D eigenvalue weighted by Crippen LogP contribution is -2.39. The Labute approximate surface area is 90.5 Å². The number of benzene rings is 1. The molecule has 0 saturated carbocycles. The first-order valence-electron chi connectivity index (χ1n) is 5.39. The van der Waals surface area contributed by atoms with Crippen LogP contribution in [-0.4, -0.2) is 6.04 Å². The molecule has 0 fully saturated rings. The van der Waals surface area contributed by atoms with Crippen LogP contribution >= 0.6 is 0 Å². The third-order valence-corrected chi connectivity index (χ3v) is 2.57. The molecule has 1 heterocycles. The van der Waals surface area contributed by atoms with Gasteiger partial charge in [0.25, 0.3) is 0 Å². The highest BCUT2D eigenvalue weighted by Gasteiger charge is 2.22. The van der Waals surface area contributed by atoms with E-state index in [1.54, 1.807) is 0 Å². The van der Waals surface area contributed by atoms with Crippen LogP contribution in [-0.2, 0) is 0 Å². The molecule has 0 spiro atoms. The Morgan fingerprint density at radius 1 is 1.33 bits per heavy atom. The Kier molecular flexibility index (Phi) is 2.81. The molecule has 0 amide bonds. The fourth-order valence-electron chi connectivity index (χ4n) is 1.89. The van der Waals surface area contributed by atoms with Crippen molar-refractivity contribution in [3.8, 4) is 0 Å². The maximum atomic E-state index is 5.79. The number of nitrogens with one attached hydrogen (secondary N) is 1. The molecule has 1 aliphatic rings. The summed E-state index contributed by atoms with van der Waals surface area (Å²) < 4.78 is 0. The summed E-state index contributed by atoms with van der Waals surface area (Å²) >= 11 is 0. The zero-order chi connectivity index (χ0) is 10.7. The number of para-hydroxylation sites is 1. The molecule has 1 atom stereocenters. The molecular formula is C12H17N3. The first-order valence-corrected chi connectivity index (χ1v) is 5.39. The van der Waals surface area contributed by atoms with Gasteiger partial charge < -0.3 is 5.73 Å². The molecule has 3 N–H and O–H groups in total. The van der Waals surface area contributed by atoms with Gasteiger partial charge in [-0.25, -0.2) is 0 Å². The maximum absolute atomic E-state index is 5.79. The third kappa shape index (κ3) is 2.06. The largest absolute Gasteiger partial charge is 0.384 e. The molecule has 3 nitrogen and oxygen atoms in total. The van der Waals surface area contributed by atoms with E-state index in [0.29, 0.717) is 6.04 Å². The van der Waals surface area contributed by atoms with Crippen molar-refractivity contribution in [1.29, 1.82) is 0 Å². The molecule has 1 unspecified atom stereocenters. The standard InChI is InChI=1S/C12H17N3/c1-2-6-11-9-12(13)14-15(11)10-7-4-3-5-8-10/h3-5,7-9,11,14H,2,6,13H2,1H3. The Bertz CT molecular complexity index is 345. The van der Waals surface area contributed by atoms with E-state index in [2.05, 4.69) is 35.6 Å². The van der Waals surface area contributed by atoms with Gasteiger partial charge in [-0.05, 0) is 24.6 Å². The summed E-state index contributed by atoms with van der Waals surface area (Å²) in [5.41, 5.74) is 10.1. The van der Waals surface area contributed by atoms with E-state index >= 15 is 0 Å². The summed E-state index contributed by atoms with van der Waals surface area (Å²) in [6.45, 7) is 2.19. The lowest BCUT2D eigenvalue weighted by molar-refractivity contribution is 0.619. The SMILES string of the molecule is CCCC1C=C(N)NN1c1ccccc1. The van der Waals surface area contributed by atoms with Crippen LogP contribution in [0.2, 0.25) is 0 Å². The lowest BCUT2D eigenvalue weighted by atomic mass is 10.1. The summed E-state index contributed by atoms with van der Waals surface area (Å²) in [6, 6.07) is 10.6. The molecule has 80 valence electrons. The van der Waals surface area contributed by atoms with Crippen molar-refractivity contribution in [2.24, 2.45) is 5.73 Å². The van der Waals surface area contributed by atoms with Gasteiger partial charge in [0.1, 0.15) is 5.82 Å². The predicted octanol–water partition coefficient (Wildman–Crippen LogP) is 1.98. The molecule has 2 rings (SSSR count). The van der Waals surface area contributed by atoms with E-state index in [1.165, 1.54) is 0 Å². The van der Waals surface area contributed by atoms with Crippen molar-refractivity contribution in [3.05, 3.63) is 42.2 Å². The minimum absolute atomic E-state index is 0.373. The third-order valence-electron chi connectivity index (χ3n) is 2.57. The fraction of sp³-hybridized carbons (Fsp3) is 0.333. The molecule has 0 saturated heterocycles. The minimum atomic E-state index is 0.373. The van der Waals surface area contributed by atoms with Gasteiger partial charge >= 0.3 is 0 Å². The van der Waals surface area contributed by atoms with Crippen LogP contribution in [0.1, 0.15) is 19.8 Å². The summed E-state index contributed by atoms with van der Waals surface area (Å²) in [5.74, 6) is 0.748. The topological polar surface area (TPSA) is 41.3 Å². The van der Waals surface area contributed by atoms with Gasteiger partial charge in [-0.3, -0.25) is 10.4 Å². The van der Waals surface area contributed by atoms with Crippen LogP contribution in [0.3, 0.4) is 0 Å². The summed E-state index contributed by atoms with van der Waals surface area (Å²) in [7, 11) is 0. The van der Waals surface area contributed by atoms with Crippen molar-refractivity contribution in [1.82, 2.24) is 5.43 Å². The van der Waals surface area contributed by atoms with E-state index in [1.807, 2.05) is 18.2 Å². The molecule has 0 bridgehead atoms. The number of anilines is 1. The van der Waals surface area contributed by atoms with Crippen LogP contribution in [0, 0.1) is 0 Å². The number of nitrogens with zero attached hydrogens (tertiary/aromatic N) is 1. The highest BCUT2D eigenvalue weighted by Crippen LogP contribution is 2.21. The molecule has 3 heteroatoms. The van der Waals surface area contributed by atoms with Gasteiger partial charge in [-0.1, -0.05) is 31.5 Å². The normalized spacial score (nSPS) is 19.9. The number of nitrogens with two attached hydrogens (primary N) is 1. The van der Waals surface area contributed by atoms with Gasteiger partial charge in [0.15, 0.2) is 0 Å². The summed E-state index contributed by atoms with van der Waals surface area (Å²) in [5, 5.41) is 2.12. The van der Waals surface area contributed by atoms with Gasteiger partial charge in [-0.2, -0.15) is 0 Å². The monoisotopic (exact) mass is 203 g/mol. The zero-order valence-electron chi connectivity index (χ0n) is 8.98. The van der Waals surface area contributed by atoms with E-state index in [-0.39, 0.29) is 0 Å². The average molecular weight is 203 g/mol.